The quantitative estimate of drug-likeness (QED) is 0.600. The van der Waals surface area contributed by atoms with E-state index in [1.54, 1.807) is 42.1 Å². The molecule has 0 N–H and O–H groups in total. The first-order chi connectivity index (χ1) is 13.2. The molecule has 2 atom stereocenters. The Morgan fingerprint density at radius 2 is 1.89 bits per heavy atom. The maximum absolute atomic E-state index is 13.0. The first-order valence-corrected chi connectivity index (χ1v) is 8.98. The summed E-state index contributed by atoms with van der Waals surface area (Å²) in [5.41, 5.74) is 1.32. The van der Waals surface area contributed by atoms with Gasteiger partial charge in [-0.1, -0.05) is 29.3 Å². The molecule has 3 heterocycles. The summed E-state index contributed by atoms with van der Waals surface area (Å²) in [5, 5.41) is 8.80. The lowest BCUT2D eigenvalue weighted by Gasteiger charge is -2.32. The second kappa shape index (κ2) is 6.89. The highest BCUT2D eigenvalue weighted by molar-refractivity contribution is 6.42. The fourth-order valence-corrected chi connectivity index (χ4v) is 3.70. The number of fused-ring (bicyclic) bond motifs is 1. The van der Waals surface area contributed by atoms with Gasteiger partial charge in [0, 0.05) is 11.8 Å². The van der Waals surface area contributed by atoms with E-state index in [0.717, 1.165) is 16.6 Å². The van der Waals surface area contributed by atoms with Crippen molar-refractivity contribution >= 4 is 34.7 Å². The third-order valence-electron chi connectivity index (χ3n) is 4.51. The molecule has 1 aromatic carbocycles. The summed E-state index contributed by atoms with van der Waals surface area (Å²) in [7, 11) is 0. The van der Waals surface area contributed by atoms with Crippen molar-refractivity contribution in [3.8, 4) is 0 Å². The van der Waals surface area contributed by atoms with E-state index in [0.29, 0.717) is 21.6 Å². The molecule has 28 heavy (non-hydrogen) atoms. The smallest absolute Gasteiger partial charge is 0.240 e. The molecule has 1 unspecified atom stereocenters. The minimum Gasteiger partial charge on any atom is -0.240 e. The Morgan fingerprint density at radius 1 is 1.11 bits per heavy atom. The van der Waals surface area contributed by atoms with E-state index in [2.05, 4.69) is 20.2 Å². The molecule has 0 radical (unpaired) electrons. The number of nitrogens with zero attached hydrogens (tertiary/aromatic N) is 6. The summed E-state index contributed by atoms with van der Waals surface area (Å²) in [4.78, 5) is 8.61. The van der Waals surface area contributed by atoms with E-state index in [4.69, 9.17) is 23.2 Å². The van der Waals surface area contributed by atoms with Gasteiger partial charge in [-0.25, -0.2) is 19.3 Å². The average molecular weight is 429 g/mol. The highest BCUT2D eigenvalue weighted by Gasteiger charge is 2.39. The van der Waals surface area contributed by atoms with Gasteiger partial charge in [-0.05, 0) is 24.6 Å². The molecule has 1 aliphatic rings. The summed E-state index contributed by atoms with van der Waals surface area (Å²) in [6, 6.07) is 6.30. The Labute approximate surface area is 167 Å². The predicted molar refractivity (Wildman–Crippen MR) is 98.4 cm³/mol. The summed E-state index contributed by atoms with van der Waals surface area (Å²) >= 11 is 12.2. The van der Waals surface area contributed by atoms with Crippen LogP contribution in [0.5, 0.6) is 0 Å². The molecule has 0 saturated carbocycles. The fourth-order valence-electron chi connectivity index (χ4n) is 3.39. The molecule has 2 aromatic heterocycles. The molecule has 6 nitrogen and oxygen atoms in total. The van der Waals surface area contributed by atoms with Crippen LogP contribution in [-0.2, 0) is 6.54 Å². The van der Waals surface area contributed by atoms with E-state index in [-0.39, 0.29) is 5.82 Å². The van der Waals surface area contributed by atoms with Gasteiger partial charge in [0.15, 0.2) is 5.82 Å². The first kappa shape index (κ1) is 18.9. The van der Waals surface area contributed by atoms with Crippen LogP contribution in [0, 0.1) is 0 Å². The maximum Gasteiger partial charge on any atom is 0.408 e. The third-order valence-corrected chi connectivity index (χ3v) is 5.25. The standard InChI is InChI=1S/C17H13Cl2F3N6/c1-9-14(16-23-8-25-27(16)7-17(20,21)22)15(28-13(26-9)4-5-24-28)10-2-3-11(18)12(19)6-10/h2-6,8,14-15H,7H2,1H3/t14?,15-/m1/s1. The number of rotatable bonds is 3. The number of alkyl halides is 3. The SMILES string of the molecule is CC1=Nc2ccnn2[C@H](c2ccc(Cl)c(Cl)c2)C1c1ncnn1CC(F)(F)F. The molecule has 4 rings (SSSR count). The number of aliphatic imine (C=N–C) groups is 1. The molecule has 11 heteroatoms. The third kappa shape index (κ3) is 3.40. The van der Waals surface area contributed by atoms with Gasteiger partial charge in [-0.15, -0.1) is 0 Å². The number of aromatic nitrogens is 5. The van der Waals surface area contributed by atoms with Crippen molar-refractivity contribution in [2.45, 2.75) is 31.6 Å². The van der Waals surface area contributed by atoms with Gasteiger partial charge in [0.1, 0.15) is 18.7 Å². The second-order valence-electron chi connectivity index (χ2n) is 6.37. The van der Waals surface area contributed by atoms with E-state index in [1.165, 1.54) is 0 Å². The van der Waals surface area contributed by atoms with E-state index in [9.17, 15) is 13.2 Å². The van der Waals surface area contributed by atoms with E-state index >= 15 is 0 Å². The number of halogens is 5. The van der Waals surface area contributed by atoms with Gasteiger partial charge >= 0.3 is 6.18 Å². The van der Waals surface area contributed by atoms with Gasteiger partial charge in [-0.3, -0.25) is 0 Å². The van der Waals surface area contributed by atoms with Crippen molar-refractivity contribution in [1.82, 2.24) is 24.5 Å². The van der Waals surface area contributed by atoms with Crippen molar-refractivity contribution in [3.63, 3.8) is 0 Å². The van der Waals surface area contributed by atoms with Crippen molar-refractivity contribution in [3.05, 3.63) is 58.2 Å². The molecule has 3 aromatic rings. The van der Waals surface area contributed by atoms with Crippen LogP contribution in [0.15, 0.2) is 41.8 Å². The minimum atomic E-state index is -4.43. The molecule has 0 aliphatic carbocycles. The van der Waals surface area contributed by atoms with Crippen LogP contribution in [0.3, 0.4) is 0 Å². The number of benzene rings is 1. The van der Waals surface area contributed by atoms with Crippen LogP contribution in [-0.4, -0.2) is 36.4 Å². The number of hydrogen-bond acceptors (Lipinski definition) is 4. The van der Waals surface area contributed by atoms with E-state index < -0.39 is 24.7 Å². The van der Waals surface area contributed by atoms with Gasteiger partial charge in [0.2, 0.25) is 0 Å². The summed E-state index contributed by atoms with van der Waals surface area (Å²) in [6.45, 7) is 0.504. The van der Waals surface area contributed by atoms with Crippen molar-refractivity contribution in [2.75, 3.05) is 0 Å². The molecular weight excluding hydrogens is 416 g/mol. The zero-order chi connectivity index (χ0) is 20.1. The topological polar surface area (TPSA) is 60.9 Å². The van der Waals surface area contributed by atoms with Crippen LogP contribution >= 0.6 is 23.2 Å². The Morgan fingerprint density at radius 3 is 2.61 bits per heavy atom. The highest BCUT2D eigenvalue weighted by Crippen LogP contribution is 2.42. The van der Waals surface area contributed by atoms with Crippen LogP contribution in [0.4, 0.5) is 19.0 Å². The lowest BCUT2D eigenvalue weighted by molar-refractivity contribution is -0.143. The summed E-state index contributed by atoms with van der Waals surface area (Å²) in [6.07, 6.45) is -1.74. The summed E-state index contributed by atoms with van der Waals surface area (Å²) in [5.74, 6) is 0.122. The van der Waals surface area contributed by atoms with Crippen LogP contribution in [0.2, 0.25) is 10.0 Å². The van der Waals surface area contributed by atoms with Gasteiger partial charge in [0.25, 0.3) is 0 Å². The zero-order valence-corrected chi connectivity index (χ0v) is 15.9. The Kier molecular flexibility index (Phi) is 4.67. The minimum absolute atomic E-state index is 0.149. The van der Waals surface area contributed by atoms with Crippen molar-refractivity contribution < 1.29 is 13.2 Å². The normalized spacial score (nSPS) is 19.4. The molecule has 0 amide bonds. The Bertz CT molecular complexity index is 1060. The fraction of sp³-hybridized carbons (Fsp3) is 0.294. The molecule has 0 bridgehead atoms. The lowest BCUT2D eigenvalue weighted by atomic mass is 9.87. The molecule has 0 spiro atoms. The summed E-state index contributed by atoms with van der Waals surface area (Å²) < 4.78 is 41.5. The van der Waals surface area contributed by atoms with E-state index in [1.807, 2.05) is 0 Å². The monoisotopic (exact) mass is 428 g/mol. The van der Waals surface area contributed by atoms with Crippen molar-refractivity contribution in [2.24, 2.45) is 4.99 Å². The lowest BCUT2D eigenvalue weighted by Crippen LogP contribution is -2.32. The largest absolute Gasteiger partial charge is 0.408 e. The van der Waals surface area contributed by atoms with Crippen molar-refractivity contribution in [1.29, 1.82) is 0 Å². The van der Waals surface area contributed by atoms with Gasteiger partial charge in [-0.2, -0.15) is 23.4 Å². The molecule has 1 aliphatic heterocycles. The highest BCUT2D eigenvalue weighted by atomic mass is 35.5. The molecular formula is C17H13Cl2F3N6. The van der Waals surface area contributed by atoms with Crippen LogP contribution in [0.1, 0.15) is 30.3 Å². The second-order valence-corrected chi connectivity index (χ2v) is 7.19. The van der Waals surface area contributed by atoms with Crippen LogP contribution < -0.4 is 0 Å². The Hall–Kier alpha value is -2.39. The maximum atomic E-state index is 13.0. The van der Waals surface area contributed by atoms with Gasteiger partial charge in [0.05, 0.1) is 28.2 Å². The molecule has 0 fully saturated rings. The number of hydrogen-bond donors (Lipinski definition) is 0. The van der Waals surface area contributed by atoms with Gasteiger partial charge < -0.3 is 0 Å². The molecule has 146 valence electrons. The first-order valence-electron chi connectivity index (χ1n) is 8.22. The van der Waals surface area contributed by atoms with Crippen LogP contribution in [0.25, 0.3) is 0 Å². The predicted octanol–water partition coefficient (Wildman–Crippen LogP) is 4.82. The average Bonchev–Trinajstić information content (AvgIpc) is 3.23. The zero-order valence-electron chi connectivity index (χ0n) is 14.4. The Balaban J connectivity index is 1.87. The molecule has 0 saturated heterocycles.